The van der Waals surface area contributed by atoms with Crippen LogP contribution in [0, 0.1) is 13.8 Å². The fourth-order valence-corrected chi connectivity index (χ4v) is 2.69. The fourth-order valence-electron chi connectivity index (χ4n) is 2.58. The van der Waals surface area contributed by atoms with Crippen LogP contribution >= 0.6 is 11.6 Å². The normalized spacial score (nSPS) is 10.5. The average Bonchev–Trinajstić information content (AvgIpc) is 3.13. The van der Waals surface area contributed by atoms with E-state index in [1.807, 2.05) is 32.0 Å². The summed E-state index contributed by atoms with van der Waals surface area (Å²) in [5.74, 6) is 1.06. The quantitative estimate of drug-likeness (QED) is 0.680. The van der Waals surface area contributed by atoms with Crippen molar-refractivity contribution in [1.29, 1.82) is 0 Å². The first kappa shape index (κ1) is 18.8. The Morgan fingerprint density at radius 1 is 1.15 bits per heavy atom. The van der Waals surface area contributed by atoms with E-state index < -0.39 is 0 Å². The molecular weight excluding hydrogens is 366 g/mol. The van der Waals surface area contributed by atoms with Crippen LogP contribution in [0.5, 0.6) is 11.5 Å². The van der Waals surface area contributed by atoms with Crippen LogP contribution in [0.1, 0.15) is 21.6 Å². The lowest BCUT2D eigenvalue weighted by atomic mass is 10.1. The molecular formula is C20H20ClN3O3. The minimum absolute atomic E-state index is 0.187. The van der Waals surface area contributed by atoms with E-state index in [0.29, 0.717) is 22.9 Å². The predicted octanol–water partition coefficient (Wildman–Crippen LogP) is 4.45. The number of benzene rings is 2. The number of aryl methyl sites for hydroxylation is 2. The van der Waals surface area contributed by atoms with Crippen LogP contribution in [0.2, 0.25) is 5.02 Å². The summed E-state index contributed by atoms with van der Waals surface area (Å²) in [6, 6.07) is 12.5. The summed E-state index contributed by atoms with van der Waals surface area (Å²) in [5, 5.41) is 7.77. The number of anilines is 1. The van der Waals surface area contributed by atoms with E-state index in [2.05, 4.69) is 10.4 Å². The molecule has 0 bridgehead atoms. The number of carbonyl (C=O) groups excluding carboxylic acids is 1. The molecule has 0 aliphatic rings. The topological polar surface area (TPSA) is 65.4 Å². The highest BCUT2D eigenvalue weighted by atomic mass is 35.5. The van der Waals surface area contributed by atoms with Gasteiger partial charge in [-0.3, -0.25) is 4.79 Å². The summed E-state index contributed by atoms with van der Waals surface area (Å²) in [6.45, 7) is 4.04. The molecule has 0 aliphatic carbocycles. The third-order valence-electron chi connectivity index (χ3n) is 3.97. The molecule has 0 saturated carbocycles. The molecule has 0 unspecified atom stereocenters. The monoisotopic (exact) mass is 385 g/mol. The van der Waals surface area contributed by atoms with Crippen molar-refractivity contribution in [2.45, 2.75) is 20.6 Å². The van der Waals surface area contributed by atoms with Crippen molar-refractivity contribution < 1.29 is 14.3 Å². The predicted molar refractivity (Wildman–Crippen MR) is 105 cm³/mol. The lowest BCUT2D eigenvalue weighted by molar-refractivity contribution is 0.102. The number of halogens is 1. The van der Waals surface area contributed by atoms with Gasteiger partial charge in [0.05, 0.1) is 7.11 Å². The second-order valence-electron chi connectivity index (χ2n) is 6.07. The van der Waals surface area contributed by atoms with Gasteiger partial charge in [0.25, 0.3) is 5.91 Å². The lowest BCUT2D eigenvalue weighted by Gasteiger charge is -2.10. The van der Waals surface area contributed by atoms with Crippen LogP contribution in [0.25, 0.3) is 0 Å². The van der Waals surface area contributed by atoms with Crippen molar-refractivity contribution in [2.24, 2.45) is 0 Å². The molecule has 0 fully saturated rings. The van der Waals surface area contributed by atoms with Gasteiger partial charge in [-0.25, -0.2) is 4.68 Å². The highest BCUT2D eigenvalue weighted by Crippen LogP contribution is 2.26. The highest BCUT2D eigenvalue weighted by Gasteiger charge is 2.11. The average molecular weight is 386 g/mol. The third kappa shape index (κ3) is 4.60. The van der Waals surface area contributed by atoms with Gasteiger partial charge >= 0.3 is 0 Å². The highest BCUT2D eigenvalue weighted by molar-refractivity contribution is 6.32. The summed E-state index contributed by atoms with van der Waals surface area (Å²) >= 11 is 6.17. The standard InChI is InChI=1S/C20H20ClN3O3/c1-13-9-17(10-14(2)19(13)21)27-12-24-8-7-18(23-24)20(25)22-15-5-4-6-16(11-15)26-3/h4-11H,12H2,1-3H3,(H,22,25). The van der Waals surface area contributed by atoms with Gasteiger partial charge < -0.3 is 14.8 Å². The minimum Gasteiger partial charge on any atom is -0.497 e. The SMILES string of the molecule is COc1cccc(NC(=O)c2ccn(COc3cc(C)c(Cl)c(C)c3)n2)c1. The second kappa shape index (κ2) is 8.14. The van der Waals surface area contributed by atoms with Crippen molar-refractivity contribution in [3.63, 3.8) is 0 Å². The van der Waals surface area contributed by atoms with Gasteiger partial charge in [-0.05, 0) is 55.3 Å². The van der Waals surface area contributed by atoms with Crippen LogP contribution < -0.4 is 14.8 Å². The van der Waals surface area contributed by atoms with Crippen LogP contribution in [0.15, 0.2) is 48.7 Å². The van der Waals surface area contributed by atoms with Crippen LogP contribution in [-0.4, -0.2) is 22.8 Å². The van der Waals surface area contributed by atoms with E-state index in [0.717, 1.165) is 16.1 Å². The molecule has 1 heterocycles. The van der Waals surface area contributed by atoms with E-state index in [9.17, 15) is 4.79 Å². The Morgan fingerprint density at radius 3 is 2.59 bits per heavy atom. The number of aromatic nitrogens is 2. The van der Waals surface area contributed by atoms with Crippen LogP contribution in [-0.2, 0) is 6.73 Å². The number of rotatable bonds is 6. The Balaban J connectivity index is 1.63. The molecule has 0 spiro atoms. The number of hydrogen-bond acceptors (Lipinski definition) is 4. The number of nitrogens with one attached hydrogen (secondary N) is 1. The number of nitrogens with zero attached hydrogens (tertiary/aromatic N) is 2. The summed E-state index contributed by atoms with van der Waals surface area (Å²) in [7, 11) is 1.58. The van der Waals surface area contributed by atoms with E-state index in [1.165, 1.54) is 0 Å². The Kier molecular flexibility index (Phi) is 5.66. The molecule has 2 aromatic carbocycles. The van der Waals surface area contributed by atoms with Gasteiger partial charge in [0.2, 0.25) is 0 Å². The maximum Gasteiger partial charge on any atom is 0.276 e. The first-order valence-electron chi connectivity index (χ1n) is 8.34. The zero-order chi connectivity index (χ0) is 19.4. The molecule has 1 amide bonds. The number of amides is 1. The molecule has 27 heavy (non-hydrogen) atoms. The molecule has 0 atom stereocenters. The van der Waals surface area contributed by atoms with Crippen molar-refractivity contribution in [2.75, 3.05) is 12.4 Å². The molecule has 0 saturated heterocycles. The fraction of sp³-hybridized carbons (Fsp3) is 0.200. The van der Waals surface area contributed by atoms with Gasteiger partial charge in [-0.15, -0.1) is 0 Å². The molecule has 1 aromatic heterocycles. The van der Waals surface area contributed by atoms with Gasteiger partial charge in [-0.2, -0.15) is 5.10 Å². The Morgan fingerprint density at radius 2 is 1.89 bits per heavy atom. The summed E-state index contributed by atoms with van der Waals surface area (Å²) in [5.41, 5.74) is 2.83. The molecule has 7 heteroatoms. The van der Waals surface area contributed by atoms with Gasteiger partial charge in [0.1, 0.15) is 11.5 Å². The number of methoxy groups -OCH3 is 1. The first-order chi connectivity index (χ1) is 13.0. The first-order valence-corrected chi connectivity index (χ1v) is 8.72. The Bertz CT molecular complexity index is 946. The number of hydrogen-bond donors (Lipinski definition) is 1. The molecule has 3 aromatic rings. The zero-order valence-corrected chi connectivity index (χ0v) is 16.1. The van der Waals surface area contributed by atoms with E-state index in [1.54, 1.807) is 42.3 Å². The largest absolute Gasteiger partial charge is 0.497 e. The van der Waals surface area contributed by atoms with Crippen molar-refractivity contribution in [3.05, 3.63) is 70.5 Å². The van der Waals surface area contributed by atoms with Crippen molar-refractivity contribution in [3.8, 4) is 11.5 Å². The summed E-state index contributed by atoms with van der Waals surface area (Å²) in [4.78, 5) is 12.3. The number of carbonyl (C=O) groups is 1. The molecule has 0 radical (unpaired) electrons. The summed E-state index contributed by atoms with van der Waals surface area (Å²) < 4.78 is 12.4. The number of ether oxygens (including phenoxy) is 2. The maximum atomic E-state index is 12.3. The van der Waals surface area contributed by atoms with Gasteiger partial charge in [0.15, 0.2) is 12.4 Å². The Hall–Kier alpha value is -2.99. The van der Waals surface area contributed by atoms with Crippen LogP contribution in [0.3, 0.4) is 0 Å². The van der Waals surface area contributed by atoms with Crippen molar-refractivity contribution in [1.82, 2.24) is 9.78 Å². The van der Waals surface area contributed by atoms with E-state index >= 15 is 0 Å². The second-order valence-corrected chi connectivity index (χ2v) is 6.45. The molecule has 1 N–H and O–H groups in total. The Labute approximate surface area is 162 Å². The molecule has 0 aliphatic heterocycles. The molecule has 3 rings (SSSR count). The van der Waals surface area contributed by atoms with Gasteiger partial charge in [0, 0.05) is 23.0 Å². The van der Waals surface area contributed by atoms with E-state index in [4.69, 9.17) is 21.1 Å². The maximum absolute atomic E-state index is 12.3. The molecule has 140 valence electrons. The third-order valence-corrected chi connectivity index (χ3v) is 4.57. The van der Waals surface area contributed by atoms with Gasteiger partial charge in [-0.1, -0.05) is 17.7 Å². The van der Waals surface area contributed by atoms with E-state index in [-0.39, 0.29) is 12.6 Å². The minimum atomic E-state index is -0.305. The zero-order valence-electron chi connectivity index (χ0n) is 15.3. The lowest BCUT2D eigenvalue weighted by Crippen LogP contribution is -2.14. The smallest absolute Gasteiger partial charge is 0.276 e. The summed E-state index contributed by atoms with van der Waals surface area (Å²) in [6.07, 6.45) is 1.69. The molecule has 6 nitrogen and oxygen atoms in total. The van der Waals surface area contributed by atoms with Crippen molar-refractivity contribution >= 4 is 23.2 Å². The van der Waals surface area contributed by atoms with Crippen LogP contribution in [0.4, 0.5) is 5.69 Å².